The maximum absolute atomic E-state index is 11.7. The molecule has 1 rings (SSSR count). The van der Waals surface area contributed by atoms with Gasteiger partial charge in [0.15, 0.2) is 0 Å². The zero-order chi connectivity index (χ0) is 15.3. The summed E-state index contributed by atoms with van der Waals surface area (Å²) in [6.07, 6.45) is -0.567. The fourth-order valence-corrected chi connectivity index (χ4v) is 1.77. The standard InChI is InChI=1S/C16H22N2O2/c1-11-6-8-13(9-7-11)12(2)14(10-17)18-15(19)20-16(3,4)5/h6-9,12,14H,1-5H3,(H,18,19)/t12-,14-/m1/s1. The van der Waals surface area contributed by atoms with Crippen LogP contribution in [0.5, 0.6) is 0 Å². The number of ether oxygens (including phenoxy) is 1. The molecule has 1 amide bonds. The molecule has 4 heteroatoms. The lowest BCUT2D eigenvalue weighted by Gasteiger charge is -2.23. The van der Waals surface area contributed by atoms with Crippen molar-refractivity contribution in [3.8, 4) is 6.07 Å². The van der Waals surface area contributed by atoms with Crippen molar-refractivity contribution in [2.75, 3.05) is 0 Å². The van der Waals surface area contributed by atoms with Crippen molar-refractivity contribution in [2.24, 2.45) is 0 Å². The van der Waals surface area contributed by atoms with Crippen LogP contribution in [0.15, 0.2) is 24.3 Å². The number of carbonyl (C=O) groups is 1. The van der Waals surface area contributed by atoms with E-state index in [1.54, 1.807) is 20.8 Å². The van der Waals surface area contributed by atoms with E-state index in [1.807, 2.05) is 38.1 Å². The maximum atomic E-state index is 11.7. The number of nitriles is 1. The van der Waals surface area contributed by atoms with Gasteiger partial charge in [0.2, 0.25) is 0 Å². The average molecular weight is 274 g/mol. The Bertz CT molecular complexity index is 495. The number of benzene rings is 1. The molecule has 4 nitrogen and oxygen atoms in total. The molecule has 1 aromatic carbocycles. The third-order valence-corrected chi connectivity index (χ3v) is 2.91. The van der Waals surface area contributed by atoms with Crippen LogP contribution in [0.2, 0.25) is 0 Å². The molecular formula is C16H22N2O2. The van der Waals surface area contributed by atoms with Crippen molar-refractivity contribution in [1.29, 1.82) is 5.26 Å². The lowest BCUT2D eigenvalue weighted by atomic mass is 9.93. The Morgan fingerprint density at radius 3 is 2.30 bits per heavy atom. The van der Waals surface area contributed by atoms with Gasteiger partial charge < -0.3 is 10.1 Å². The molecule has 0 saturated carbocycles. The SMILES string of the molecule is Cc1ccc([C@@H](C)[C@@H](C#N)NC(=O)OC(C)(C)C)cc1. The van der Waals surface area contributed by atoms with E-state index in [1.165, 1.54) is 0 Å². The number of alkyl carbamates (subject to hydrolysis) is 1. The summed E-state index contributed by atoms with van der Waals surface area (Å²) in [5.74, 6) is -0.104. The molecule has 0 radical (unpaired) electrons. The Morgan fingerprint density at radius 2 is 1.85 bits per heavy atom. The van der Waals surface area contributed by atoms with E-state index < -0.39 is 17.7 Å². The predicted octanol–water partition coefficient (Wildman–Crippen LogP) is 3.52. The summed E-state index contributed by atoms with van der Waals surface area (Å²) >= 11 is 0. The minimum Gasteiger partial charge on any atom is -0.444 e. The normalized spacial score (nSPS) is 14.0. The van der Waals surface area contributed by atoms with Gasteiger partial charge in [0.25, 0.3) is 0 Å². The summed E-state index contributed by atoms with van der Waals surface area (Å²) in [5.41, 5.74) is 1.60. The third kappa shape index (κ3) is 4.93. The van der Waals surface area contributed by atoms with Crippen molar-refractivity contribution in [3.05, 3.63) is 35.4 Å². The minimum atomic E-state index is -0.618. The van der Waals surface area contributed by atoms with Gasteiger partial charge in [-0.05, 0) is 33.3 Å². The van der Waals surface area contributed by atoms with Crippen molar-refractivity contribution >= 4 is 6.09 Å². The number of hydrogen-bond acceptors (Lipinski definition) is 3. The molecule has 0 aromatic heterocycles. The van der Waals surface area contributed by atoms with Crippen LogP contribution in [-0.2, 0) is 4.74 Å². The van der Waals surface area contributed by atoms with Gasteiger partial charge in [-0.3, -0.25) is 0 Å². The molecule has 0 aliphatic rings. The molecule has 0 aliphatic carbocycles. The molecule has 0 heterocycles. The van der Waals surface area contributed by atoms with Crippen LogP contribution in [0.1, 0.15) is 44.7 Å². The van der Waals surface area contributed by atoms with Crippen LogP contribution in [0, 0.1) is 18.3 Å². The number of carbonyl (C=O) groups excluding carboxylic acids is 1. The van der Waals surface area contributed by atoms with E-state index >= 15 is 0 Å². The van der Waals surface area contributed by atoms with E-state index in [9.17, 15) is 10.1 Å². The van der Waals surface area contributed by atoms with Crippen molar-refractivity contribution in [2.45, 2.75) is 52.2 Å². The Morgan fingerprint density at radius 1 is 1.30 bits per heavy atom. The van der Waals surface area contributed by atoms with Crippen LogP contribution in [0.3, 0.4) is 0 Å². The van der Waals surface area contributed by atoms with Crippen LogP contribution in [-0.4, -0.2) is 17.7 Å². The zero-order valence-electron chi connectivity index (χ0n) is 12.7. The molecule has 0 bridgehead atoms. The number of nitrogens with one attached hydrogen (secondary N) is 1. The molecule has 0 fully saturated rings. The largest absolute Gasteiger partial charge is 0.444 e. The Kier molecular flexibility index (Phi) is 5.15. The average Bonchev–Trinajstić information content (AvgIpc) is 2.34. The summed E-state index contributed by atoms with van der Waals surface area (Å²) in [6.45, 7) is 9.29. The summed E-state index contributed by atoms with van der Waals surface area (Å²) in [7, 11) is 0. The van der Waals surface area contributed by atoms with Gasteiger partial charge in [-0.1, -0.05) is 36.8 Å². The fourth-order valence-electron chi connectivity index (χ4n) is 1.77. The molecular weight excluding hydrogens is 252 g/mol. The van der Waals surface area contributed by atoms with Gasteiger partial charge in [0.1, 0.15) is 11.6 Å². The predicted molar refractivity (Wildman–Crippen MR) is 78.4 cm³/mol. The van der Waals surface area contributed by atoms with Gasteiger partial charge in [0, 0.05) is 5.92 Å². The molecule has 0 unspecified atom stereocenters. The van der Waals surface area contributed by atoms with E-state index in [4.69, 9.17) is 4.74 Å². The van der Waals surface area contributed by atoms with Crippen molar-refractivity contribution < 1.29 is 9.53 Å². The lowest BCUT2D eigenvalue weighted by Crippen LogP contribution is -2.40. The molecule has 108 valence electrons. The van der Waals surface area contributed by atoms with Gasteiger partial charge in [-0.15, -0.1) is 0 Å². The number of amides is 1. The molecule has 1 N–H and O–H groups in total. The first kappa shape index (κ1) is 16.0. The van der Waals surface area contributed by atoms with Gasteiger partial charge in [0.05, 0.1) is 6.07 Å². The minimum absolute atomic E-state index is 0.104. The molecule has 20 heavy (non-hydrogen) atoms. The summed E-state index contributed by atoms with van der Waals surface area (Å²) in [5, 5.41) is 11.9. The molecule has 0 spiro atoms. The molecule has 1 aromatic rings. The summed E-state index contributed by atoms with van der Waals surface area (Å²) in [6, 6.07) is 9.44. The monoisotopic (exact) mass is 274 g/mol. The van der Waals surface area contributed by atoms with Crippen molar-refractivity contribution in [3.63, 3.8) is 0 Å². The fraction of sp³-hybridized carbons (Fsp3) is 0.500. The highest BCUT2D eigenvalue weighted by Crippen LogP contribution is 2.20. The quantitative estimate of drug-likeness (QED) is 0.917. The molecule has 0 saturated heterocycles. The van der Waals surface area contributed by atoms with Crippen LogP contribution >= 0.6 is 0 Å². The highest BCUT2D eigenvalue weighted by atomic mass is 16.6. The summed E-state index contributed by atoms with van der Waals surface area (Å²) < 4.78 is 5.17. The van der Waals surface area contributed by atoms with Crippen LogP contribution in [0.25, 0.3) is 0 Å². The maximum Gasteiger partial charge on any atom is 0.408 e. The first-order valence-corrected chi connectivity index (χ1v) is 6.68. The Labute approximate surface area is 120 Å². The second-order valence-corrected chi connectivity index (χ2v) is 5.95. The number of aryl methyl sites for hydroxylation is 1. The van der Waals surface area contributed by atoms with E-state index in [0.29, 0.717) is 0 Å². The van der Waals surface area contributed by atoms with Gasteiger partial charge in [-0.2, -0.15) is 5.26 Å². The highest BCUT2D eigenvalue weighted by Gasteiger charge is 2.24. The second-order valence-electron chi connectivity index (χ2n) is 5.95. The van der Waals surface area contributed by atoms with Crippen LogP contribution in [0.4, 0.5) is 4.79 Å². The first-order valence-electron chi connectivity index (χ1n) is 6.68. The first-order chi connectivity index (χ1) is 9.23. The highest BCUT2D eigenvalue weighted by molar-refractivity contribution is 5.68. The Balaban J connectivity index is 2.74. The van der Waals surface area contributed by atoms with E-state index in [2.05, 4.69) is 11.4 Å². The summed E-state index contributed by atoms with van der Waals surface area (Å²) in [4.78, 5) is 11.7. The molecule has 0 aliphatic heterocycles. The third-order valence-electron chi connectivity index (χ3n) is 2.91. The Hall–Kier alpha value is -2.02. The van der Waals surface area contributed by atoms with E-state index in [-0.39, 0.29) is 5.92 Å². The second kappa shape index (κ2) is 6.42. The zero-order valence-corrected chi connectivity index (χ0v) is 12.7. The number of rotatable bonds is 3. The van der Waals surface area contributed by atoms with Gasteiger partial charge in [-0.25, -0.2) is 4.79 Å². The number of nitrogens with zero attached hydrogens (tertiary/aromatic N) is 1. The van der Waals surface area contributed by atoms with E-state index in [0.717, 1.165) is 11.1 Å². The molecule has 2 atom stereocenters. The van der Waals surface area contributed by atoms with Crippen LogP contribution < -0.4 is 5.32 Å². The smallest absolute Gasteiger partial charge is 0.408 e. The van der Waals surface area contributed by atoms with Crippen molar-refractivity contribution in [1.82, 2.24) is 5.32 Å². The topological polar surface area (TPSA) is 62.1 Å². The lowest BCUT2D eigenvalue weighted by molar-refractivity contribution is 0.0511. The van der Waals surface area contributed by atoms with Gasteiger partial charge >= 0.3 is 6.09 Å². The number of hydrogen-bond donors (Lipinski definition) is 1.